The molecule has 1 N–H and O–H groups in total. The number of anilines is 1. The second-order valence-corrected chi connectivity index (χ2v) is 9.09. The van der Waals surface area contributed by atoms with Crippen LogP contribution in [0.1, 0.15) is 0 Å². The Balaban J connectivity index is 1.73. The molecular formula is C21H19FN6O2S. The number of sulfonamides is 1. The Morgan fingerprint density at radius 3 is 2.55 bits per heavy atom. The molecule has 0 aliphatic heterocycles. The lowest BCUT2D eigenvalue weighted by atomic mass is 10.0. The van der Waals surface area contributed by atoms with Gasteiger partial charge >= 0.3 is 0 Å². The summed E-state index contributed by atoms with van der Waals surface area (Å²) in [5, 5.41) is 5.18. The van der Waals surface area contributed by atoms with Crippen LogP contribution in [-0.2, 0) is 31.2 Å². The van der Waals surface area contributed by atoms with Crippen LogP contribution < -0.4 is 4.72 Å². The fraction of sp³-hybridized carbons (Fsp3) is 0.143. The van der Waals surface area contributed by atoms with Crippen LogP contribution in [0.3, 0.4) is 0 Å². The quantitative estimate of drug-likeness (QED) is 0.466. The Bertz CT molecular complexity index is 1580. The number of hydrogen-bond acceptors (Lipinski definition) is 4. The number of aryl methyl sites for hydroxylation is 3. The molecule has 0 bridgehead atoms. The minimum atomic E-state index is -3.93. The average molecular weight is 438 g/mol. The third kappa shape index (κ3) is 3.07. The van der Waals surface area contributed by atoms with E-state index < -0.39 is 15.8 Å². The first kappa shape index (κ1) is 19.3. The molecular weight excluding hydrogens is 419 g/mol. The molecule has 0 aliphatic carbocycles. The summed E-state index contributed by atoms with van der Waals surface area (Å²) in [6.45, 7) is 0. The first-order chi connectivity index (χ1) is 14.7. The molecule has 0 atom stereocenters. The van der Waals surface area contributed by atoms with E-state index in [1.54, 1.807) is 43.2 Å². The van der Waals surface area contributed by atoms with E-state index in [1.165, 1.54) is 23.0 Å². The zero-order valence-electron chi connectivity index (χ0n) is 17.0. The Morgan fingerprint density at radius 1 is 1.00 bits per heavy atom. The summed E-state index contributed by atoms with van der Waals surface area (Å²) in [7, 11) is 1.38. The number of halogens is 1. The van der Waals surface area contributed by atoms with Crippen molar-refractivity contribution in [2.24, 2.45) is 21.1 Å². The SMILES string of the molecule is Cn1ccc(S(=O)(=O)Nc2ccnc3c2c(-c2cc4c(ccn4C)cc2F)cn3C)n1. The highest BCUT2D eigenvalue weighted by Gasteiger charge is 2.22. The maximum Gasteiger partial charge on any atom is 0.281 e. The molecule has 0 unspecified atom stereocenters. The van der Waals surface area contributed by atoms with E-state index in [0.29, 0.717) is 27.8 Å². The van der Waals surface area contributed by atoms with Gasteiger partial charge in [-0.25, -0.2) is 9.37 Å². The zero-order chi connectivity index (χ0) is 21.9. The third-order valence-corrected chi connectivity index (χ3v) is 6.59. The summed E-state index contributed by atoms with van der Waals surface area (Å²) in [6.07, 6.45) is 6.68. The van der Waals surface area contributed by atoms with Gasteiger partial charge in [-0.2, -0.15) is 13.5 Å². The fourth-order valence-electron chi connectivity index (χ4n) is 3.82. The van der Waals surface area contributed by atoms with Gasteiger partial charge in [0.15, 0.2) is 5.03 Å². The van der Waals surface area contributed by atoms with Crippen molar-refractivity contribution in [2.45, 2.75) is 5.03 Å². The monoisotopic (exact) mass is 438 g/mol. The first-order valence-electron chi connectivity index (χ1n) is 9.46. The van der Waals surface area contributed by atoms with E-state index in [-0.39, 0.29) is 5.03 Å². The Morgan fingerprint density at radius 2 is 1.81 bits per heavy atom. The molecule has 158 valence electrons. The summed E-state index contributed by atoms with van der Waals surface area (Å²) < 4.78 is 48.5. The van der Waals surface area contributed by atoms with Gasteiger partial charge in [-0.05, 0) is 30.3 Å². The Labute approximate surface area is 177 Å². The molecule has 10 heteroatoms. The van der Waals surface area contributed by atoms with E-state index in [0.717, 1.165) is 10.9 Å². The van der Waals surface area contributed by atoms with Crippen molar-refractivity contribution >= 4 is 37.6 Å². The lowest BCUT2D eigenvalue weighted by molar-refractivity contribution is 0.593. The van der Waals surface area contributed by atoms with Gasteiger partial charge in [-0.15, -0.1) is 0 Å². The molecule has 0 saturated heterocycles. The number of fused-ring (bicyclic) bond motifs is 2. The van der Waals surface area contributed by atoms with Gasteiger partial charge < -0.3 is 9.13 Å². The van der Waals surface area contributed by atoms with E-state index in [4.69, 9.17) is 0 Å². The van der Waals surface area contributed by atoms with Gasteiger partial charge in [-0.1, -0.05) is 0 Å². The summed E-state index contributed by atoms with van der Waals surface area (Å²) in [6, 6.07) is 8.07. The van der Waals surface area contributed by atoms with Crippen molar-refractivity contribution in [1.82, 2.24) is 23.9 Å². The van der Waals surface area contributed by atoms with Gasteiger partial charge in [0, 0.05) is 68.0 Å². The summed E-state index contributed by atoms with van der Waals surface area (Å²) in [5.41, 5.74) is 2.62. The molecule has 31 heavy (non-hydrogen) atoms. The van der Waals surface area contributed by atoms with Crippen molar-refractivity contribution in [2.75, 3.05) is 4.72 Å². The number of aromatic nitrogens is 5. The zero-order valence-corrected chi connectivity index (χ0v) is 17.9. The summed E-state index contributed by atoms with van der Waals surface area (Å²) >= 11 is 0. The molecule has 0 saturated carbocycles. The maximum atomic E-state index is 15.1. The lowest BCUT2D eigenvalue weighted by Gasteiger charge is -2.10. The van der Waals surface area contributed by atoms with Gasteiger partial charge in [0.05, 0.1) is 11.1 Å². The van der Waals surface area contributed by atoms with Crippen LogP contribution in [0, 0.1) is 5.82 Å². The fourth-order valence-corrected chi connectivity index (χ4v) is 4.86. The van der Waals surface area contributed by atoms with Crippen molar-refractivity contribution in [3.8, 4) is 11.1 Å². The van der Waals surface area contributed by atoms with Crippen LogP contribution >= 0.6 is 0 Å². The predicted octanol–water partition coefficient (Wildman–Crippen LogP) is 3.41. The lowest BCUT2D eigenvalue weighted by Crippen LogP contribution is -2.14. The van der Waals surface area contributed by atoms with Crippen molar-refractivity contribution in [3.05, 3.63) is 60.9 Å². The predicted molar refractivity (Wildman–Crippen MR) is 117 cm³/mol. The molecule has 5 rings (SSSR count). The van der Waals surface area contributed by atoms with Gasteiger partial charge in [0.25, 0.3) is 10.0 Å². The smallest absolute Gasteiger partial charge is 0.281 e. The first-order valence-corrected chi connectivity index (χ1v) is 10.9. The largest absolute Gasteiger partial charge is 0.351 e. The second kappa shape index (κ2) is 6.67. The van der Waals surface area contributed by atoms with E-state index >= 15 is 4.39 Å². The number of nitrogens with one attached hydrogen (secondary N) is 1. The number of benzene rings is 1. The molecule has 1 aromatic carbocycles. The van der Waals surface area contributed by atoms with Gasteiger partial charge in [0.1, 0.15) is 11.5 Å². The molecule has 0 fully saturated rings. The minimum Gasteiger partial charge on any atom is -0.351 e. The number of hydrogen-bond donors (Lipinski definition) is 1. The second-order valence-electron chi connectivity index (χ2n) is 7.46. The molecule has 4 heterocycles. The highest BCUT2D eigenvalue weighted by Crippen LogP contribution is 2.37. The molecule has 0 aliphatic rings. The molecule has 8 nitrogen and oxygen atoms in total. The van der Waals surface area contributed by atoms with Crippen molar-refractivity contribution < 1.29 is 12.8 Å². The Hall–Kier alpha value is -3.66. The van der Waals surface area contributed by atoms with Crippen molar-refractivity contribution in [3.63, 3.8) is 0 Å². The van der Waals surface area contributed by atoms with Gasteiger partial charge in [-0.3, -0.25) is 9.40 Å². The average Bonchev–Trinajstić information content (AvgIpc) is 3.40. The van der Waals surface area contributed by atoms with Crippen LogP contribution in [0.25, 0.3) is 33.1 Å². The molecule has 0 radical (unpaired) electrons. The van der Waals surface area contributed by atoms with E-state index in [2.05, 4.69) is 14.8 Å². The topological polar surface area (TPSA) is 86.7 Å². The normalized spacial score (nSPS) is 12.1. The van der Waals surface area contributed by atoms with Crippen LogP contribution in [0.2, 0.25) is 0 Å². The van der Waals surface area contributed by atoms with Crippen LogP contribution in [0.5, 0.6) is 0 Å². The third-order valence-electron chi connectivity index (χ3n) is 5.33. The molecule has 0 spiro atoms. The number of pyridine rings is 1. The van der Waals surface area contributed by atoms with E-state index in [9.17, 15) is 8.42 Å². The molecule has 0 amide bonds. The molecule has 4 aromatic heterocycles. The Kier molecular flexibility index (Phi) is 4.16. The van der Waals surface area contributed by atoms with E-state index in [1.807, 2.05) is 23.9 Å². The standard InChI is InChI=1S/C21H19FN6O2S/c1-26-8-5-13-10-16(22)14(11-18(13)26)15-12-27(2)21-20(15)17(4-7-23-21)25-31(29,30)19-6-9-28(3)24-19/h4-12H,1-3H3,(H,23,25). The number of nitrogens with zero attached hydrogens (tertiary/aromatic N) is 5. The van der Waals surface area contributed by atoms with Gasteiger partial charge in [0.2, 0.25) is 0 Å². The summed E-state index contributed by atoms with van der Waals surface area (Å²) in [4.78, 5) is 4.37. The molecule has 5 aromatic rings. The minimum absolute atomic E-state index is 0.103. The van der Waals surface area contributed by atoms with Crippen molar-refractivity contribution in [1.29, 1.82) is 0 Å². The maximum absolute atomic E-state index is 15.1. The van der Waals surface area contributed by atoms with Crippen LogP contribution in [-0.4, -0.2) is 32.3 Å². The van der Waals surface area contributed by atoms with Crippen LogP contribution in [0.4, 0.5) is 10.1 Å². The number of rotatable bonds is 4. The highest BCUT2D eigenvalue weighted by atomic mass is 32.2. The summed E-state index contributed by atoms with van der Waals surface area (Å²) in [5.74, 6) is -0.395. The van der Waals surface area contributed by atoms with Crippen LogP contribution in [0.15, 0.2) is 60.1 Å². The highest BCUT2D eigenvalue weighted by molar-refractivity contribution is 7.92.